The number of alkyl halides is 3. The molecule has 0 spiro atoms. The zero-order valence-electron chi connectivity index (χ0n) is 20.2. The van der Waals surface area contributed by atoms with Gasteiger partial charge in [-0.3, -0.25) is 9.69 Å². The van der Waals surface area contributed by atoms with Crippen molar-refractivity contribution in [1.29, 1.82) is 0 Å². The fourth-order valence-corrected chi connectivity index (χ4v) is 4.24. The zero-order valence-corrected chi connectivity index (χ0v) is 20.2. The number of carbonyl (C=O) groups excluding carboxylic acids is 1. The van der Waals surface area contributed by atoms with Crippen LogP contribution in [0.15, 0.2) is 0 Å². The standard InChI is InChI=1S/C22H32F3N5O5/c1-12-8-30(17(32)11-35-12)9-13(26-20(33)34)7-16(31)29-6-5-14-15(10-29)27-19(21(2,3)4)28-18(14)22(23,24)25/h12-13,16,26,31H,5-11H2,1-4H3,(H,33,34)/t12-,13-,16?/m0/s1. The molecule has 0 radical (unpaired) electrons. The number of amides is 2. The molecule has 1 unspecified atom stereocenters. The molecule has 0 saturated carbocycles. The number of fused-ring (bicyclic) bond motifs is 1. The van der Waals surface area contributed by atoms with Gasteiger partial charge in [0, 0.05) is 43.6 Å². The highest BCUT2D eigenvalue weighted by Crippen LogP contribution is 2.35. The molecule has 0 aliphatic carbocycles. The summed E-state index contributed by atoms with van der Waals surface area (Å²) in [4.78, 5) is 34.7. The number of hydrogen-bond donors (Lipinski definition) is 3. The molecule has 0 aromatic carbocycles. The number of nitrogens with one attached hydrogen (secondary N) is 1. The maximum atomic E-state index is 13.7. The molecule has 196 valence electrons. The van der Waals surface area contributed by atoms with Gasteiger partial charge in [-0.05, 0) is 13.3 Å². The number of carbonyl (C=O) groups is 2. The number of hydrogen-bond acceptors (Lipinski definition) is 7. The summed E-state index contributed by atoms with van der Waals surface area (Å²) in [6.07, 6.45) is -7.40. The summed E-state index contributed by atoms with van der Waals surface area (Å²) in [5.41, 5.74) is -1.45. The lowest BCUT2D eigenvalue weighted by Crippen LogP contribution is -2.53. The molecule has 1 fully saturated rings. The van der Waals surface area contributed by atoms with Gasteiger partial charge in [-0.2, -0.15) is 13.2 Å². The molecule has 13 heteroatoms. The van der Waals surface area contributed by atoms with Crippen LogP contribution in [0.4, 0.5) is 18.0 Å². The van der Waals surface area contributed by atoms with Gasteiger partial charge in [-0.15, -0.1) is 0 Å². The Morgan fingerprint density at radius 1 is 1.29 bits per heavy atom. The first-order valence-corrected chi connectivity index (χ1v) is 11.4. The summed E-state index contributed by atoms with van der Waals surface area (Å²) in [5, 5.41) is 22.5. The average Bonchev–Trinajstić information content (AvgIpc) is 2.73. The molecule has 0 bridgehead atoms. The van der Waals surface area contributed by atoms with Crippen molar-refractivity contribution in [2.75, 3.05) is 26.2 Å². The van der Waals surface area contributed by atoms with Gasteiger partial charge in [-0.25, -0.2) is 14.8 Å². The van der Waals surface area contributed by atoms with Crippen LogP contribution in [0.25, 0.3) is 0 Å². The highest BCUT2D eigenvalue weighted by molar-refractivity contribution is 5.78. The minimum absolute atomic E-state index is 0.0118. The van der Waals surface area contributed by atoms with Gasteiger partial charge >= 0.3 is 12.3 Å². The number of halogens is 3. The Labute approximate surface area is 201 Å². The number of nitrogens with zero attached hydrogens (tertiary/aromatic N) is 4. The lowest BCUT2D eigenvalue weighted by Gasteiger charge is -2.37. The number of rotatable bonds is 6. The Kier molecular flexibility index (Phi) is 7.92. The molecule has 3 rings (SSSR count). The number of carboxylic acid groups (broad SMARTS) is 1. The van der Waals surface area contributed by atoms with Crippen LogP contribution in [-0.2, 0) is 34.1 Å². The molecule has 1 aromatic rings. The minimum Gasteiger partial charge on any atom is -0.465 e. The predicted molar refractivity (Wildman–Crippen MR) is 117 cm³/mol. The van der Waals surface area contributed by atoms with Crippen molar-refractivity contribution < 1.29 is 37.7 Å². The second-order valence-corrected chi connectivity index (χ2v) is 10.1. The normalized spacial score (nSPS) is 21.4. The van der Waals surface area contributed by atoms with E-state index in [-0.39, 0.29) is 74.7 Å². The van der Waals surface area contributed by atoms with Crippen molar-refractivity contribution in [3.8, 4) is 0 Å². The van der Waals surface area contributed by atoms with Crippen LogP contribution in [-0.4, -0.2) is 86.6 Å². The summed E-state index contributed by atoms with van der Waals surface area (Å²) >= 11 is 0. The van der Waals surface area contributed by atoms with Crippen LogP contribution in [0, 0.1) is 0 Å². The SMILES string of the molecule is C[C@H]1CN(C[C@H](CC(O)N2CCc3c(nc(C(C)(C)C)nc3C(F)(F)F)C2)NC(=O)O)C(=O)CO1. The van der Waals surface area contributed by atoms with E-state index in [0.29, 0.717) is 0 Å². The maximum absolute atomic E-state index is 13.7. The zero-order chi connectivity index (χ0) is 26.1. The van der Waals surface area contributed by atoms with E-state index < -0.39 is 35.6 Å². The van der Waals surface area contributed by atoms with E-state index in [0.717, 1.165) is 0 Å². The van der Waals surface area contributed by atoms with Crippen LogP contribution in [0.5, 0.6) is 0 Å². The third-order valence-electron chi connectivity index (χ3n) is 6.04. The topological polar surface area (TPSA) is 128 Å². The van der Waals surface area contributed by atoms with Crippen LogP contribution in [0.3, 0.4) is 0 Å². The molecule has 35 heavy (non-hydrogen) atoms. The number of aromatic nitrogens is 2. The van der Waals surface area contributed by atoms with E-state index in [1.807, 2.05) is 0 Å². The molecule has 3 atom stereocenters. The minimum atomic E-state index is -4.63. The van der Waals surface area contributed by atoms with Crippen LogP contribution < -0.4 is 5.32 Å². The fraction of sp³-hybridized carbons (Fsp3) is 0.727. The van der Waals surface area contributed by atoms with Crippen molar-refractivity contribution in [2.45, 2.75) is 77.0 Å². The summed E-state index contributed by atoms with van der Waals surface area (Å²) in [5.74, 6) is -0.224. The van der Waals surface area contributed by atoms with E-state index in [2.05, 4.69) is 15.3 Å². The molecule has 2 amide bonds. The van der Waals surface area contributed by atoms with Crippen molar-refractivity contribution >= 4 is 12.0 Å². The summed E-state index contributed by atoms with van der Waals surface area (Å²) in [7, 11) is 0. The third-order valence-corrected chi connectivity index (χ3v) is 6.04. The van der Waals surface area contributed by atoms with Gasteiger partial charge in [0.2, 0.25) is 5.91 Å². The highest BCUT2D eigenvalue weighted by atomic mass is 19.4. The molecule has 3 N–H and O–H groups in total. The Morgan fingerprint density at radius 2 is 1.97 bits per heavy atom. The molecule has 1 aromatic heterocycles. The number of aliphatic hydroxyl groups excluding tert-OH is 1. The van der Waals surface area contributed by atoms with E-state index in [1.165, 1.54) is 4.90 Å². The molecule has 2 aliphatic rings. The first-order valence-electron chi connectivity index (χ1n) is 11.4. The summed E-state index contributed by atoms with van der Waals surface area (Å²) in [6, 6.07) is -0.792. The highest BCUT2D eigenvalue weighted by Gasteiger charge is 2.40. The second-order valence-electron chi connectivity index (χ2n) is 10.1. The lowest BCUT2D eigenvalue weighted by atomic mass is 9.93. The van der Waals surface area contributed by atoms with Gasteiger partial charge in [0.1, 0.15) is 18.7 Å². The summed E-state index contributed by atoms with van der Waals surface area (Å²) < 4.78 is 46.4. The third kappa shape index (κ3) is 6.79. The largest absolute Gasteiger partial charge is 0.465 e. The van der Waals surface area contributed by atoms with Crippen molar-refractivity contribution in [1.82, 2.24) is 25.1 Å². The van der Waals surface area contributed by atoms with E-state index in [1.54, 1.807) is 32.6 Å². The second kappa shape index (κ2) is 10.2. The Bertz CT molecular complexity index is 953. The van der Waals surface area contributed by atoms with E-state index in [4.69, 9.17) is 4.74 Å². The fourth-order valence-electron chi connectivity index (χ4n) is 4.24. The summed E-state index contributed by atoms with van der Waals surface area (Å²) in [6.45, 7) is 7.25. The monoisotopic (exact) mass is 503 g/mol. The average molecular weight is 504 g/mol. The first kappa shape index (κ1) is 27.1. The number of ether oxygens (including phenoxy) is 1. The molecular formula is C22H32F3N5O5. The van der Waals surface area contributed by atoms with Crippen molar-refractivity contribution in [3.05, 3.63) is 22.8 Å². The smallest absolute Gasteiger partial charge is 0.433 e. The molecule has 2 aliphatic heterocycles. The van der Waals surface area contributed by atoms with Crippen LogP contribution in [0.2, 0.25) is 0 Å². The molecule has 10 nitrogen and oxygen atoms in total. The van der Waals surface area contributed by atoms with Gasteiger partial charge in [0.05, 0.1) is 17.8 Å². The Balaban J connectivity index is 1.78. The van der Waals surface area contributed by atoms with Crippen LogP contribution >= 0.6 is 0 Å². The maximum Gasteiger partial charge on any atom is 0.433 e. The van der Waals surface area contributed by atoms with Gasteiger partial charge in [0.25, 0.3) is 0 Å². The number of aliphatic hydroxyl groups is 1. The lowest BCUT2D eigenvalue weighted by molar-refractivity contribution is -0.148. The Hall–Kier alpha value is -2.51. The molecule has 1 saturated heterocycles. The predicted octanol–water partition coefficient (Wildman–Crippen LogP) is 1.74. The molecular weight excluding hydrogens is 471 g/mol. The van der Waals surface area contributed by atoms with E-state index >= 15 is 0 Å². The van der Waals surface area contributed by atoms with Crippen molar-refractivity contribution in [3.63, 3.8) is 0 Å². The van der Waals surface area contributed by atoms with Crippen molar-refractivity contribution in [2.24, 2.45) is 0 Å². The number of morpholine rings is 1. The quantitative estimate of drug-likeness (QED) is 0.536. The van der Waals surface area contributed by atoms with E-state index in [9.17, 15) is 33.0 Å². The van der Waals surface area contributed by atoms with Gasteiger partial charge in [-0.1, -0.05) is 20.8 Å². The van der Waals surface area contributed by atoms with Gasteiger partial charge < -0.3 is 25.2 Å². The van der Waals surface area contributed by atoms with Crippen LogP contribution in [0.1, 0.15) is 56.9 Å². The first-order chi connectivity index (χ1) is 16.1. The Morgan fingerprint density at radius 3 is 2.57 bits per heavy atom. The molecule has 3 heterocycles. The van der Waals surface area contributed by atoms with Gasteiger partial charge in [0.15, 0.2) is 5.69 Å².